The van der Waals surface area contributed by atoms with Crippen molar-refractivity contribution in [3.05, 3.63) is 70.9 Å². The molecular weight excluding hydrogens is 310 g/mol. The Morgan fingerprint density at radius 2 is 1.83 bits per heavy atom. The van der Waals surface area contributed by atoms with Crippen LogP contribution < -0.4 is 10.6 Å². The van der Waals surface area contributed by atoms with E-state index in [0.29, 0.717) is 23.3 Å². The SMILES string of the molecule is Cc1ccccc1CNc1nncc(Nc2ccc(Cl)cc2)n1. The third-order valence-corrected chi connectivity index (χ3v) is 3.63. The smallest absolute Gasteiger partial charge is 0.244 e. The van der Waals surface area contributed by atoms with Crippen LogP contribution in [-0.4, -0.2) is 15.2 Å². The van der Waals surface area contributed by atoms with Gasteiger partial charge in [-0.05, 0) is 42.3 Å². The molecule has 0 saturated heterocycles. The lowest BCUT2D eigenvalue weighted by atomic mass is 10.1. The van der Waals surface area contributed by atoms with Gasteiger partial charge in [-0.15, -0.1) is 5.10 Å². The van der Waals surface area contributed by atoms with Gasteiger partial charge in [0.05, 0.1) is 6.20 Å². The predicted octanol–water partition coefficient (Wildman–Crippen LogP) is 4.19. The third kappa shape index (κ3) is 4.17. The van der Waals surface area contributed by atoms with E-state index in [2.05, 4.69) is 44.9 Å². The predicted molar refractivity (Wildman–Crippen MR) is 93.1 cm³/mol. The van der Waals surface area contributed by atoms with Crippen LogP contribution in [0.2, 0.25) is 5.02 Å². The molecule has 1 aromatic heterocycles. The summed E-state index contributed by atoms with van der Waals surface area (Å²) < 4.78 is 0. The molecule has 2 N–H and O–H groups in total. The minimum atomic E-state index is 0.479. The Bertz CT molecular complexity index is 789. The van der Waals surface area contributed by atoms with Gasteiger partial charge in [-0.3, -0.25) is 0 Å². The summed E-state index contributed by atoms with van der Waals surface area (Å²) >= 11 is 5.88. The molecule has 0 aliphatic carbocycles. The molecule has 0 saturated carbocycles. The van der Waals surface area contributed by atoms with Crippen molar-refractivity contribution in [1.82, 2.24) is 15.2 Å². The molecule has 23 heavy (non-hydrogen) atoms. The Kier molecular flexibility index (Phi) is 4.68. The average molecular weight is 326 g/mol. The molecule has 0 aliphatic heterocycles. The van der Waals surface area contributed by atoms with E-state index in [1.807, 2.05) is 36.4 Å². The van der Waals surface area contributed by atoms with Crippen molar-refractivity contribution in [1.29, 1.82) is 0 Å². The Morgan fingerprint density at radius 1 is 1.04 bits per heavy atom. The van der Waals surface area contributed by atoms with E-state index in [-0.39, 0.29) is 0 Å². The van der Waals surface area contributed by atoms with E-state index in [0.717, 1.165) is 5.69 Å². The lowest BCUT2D eigenvalue weighted by Gasteiger charge is -2.09. The zero-order valence-corrected chi connectivity index (χ0v) is 13.4. The average Bonchev–Trinajstić information content (AvgIpc) is 2.57. The molecule has 0 unspecified atom stereocenters. The molecule has 0 spiro atoms. The molecule has 0 aliphatic rings. The van der Waals surface area contributed by atoms with Gasteiger partial charge in [0.1, 0.15) is 0 Å². The van der Waals surface area contributed by atoms with Gasteiger partial charge in [-0.2, -0.15) is 10.1 Å². The number of nitrogens with zero attached hydrogens (tertiary/aromatic N) is 3. The topological polar surface area (TPSA) is 62.7 Å². The summed E-state index contributed by atoms with van der Waals surface area (Å²) in [6.45, 7) is 2.73. The van der Waals surface area contributed by atoms with Crippen molar-refractivity contribution in [3.63, 3.8) is 0 Å². The van der Waals surface area contributed by atoms with Crippen LogP contribution in [-0.2, 0) is 6.54 Å². The van der Waals surface area contributed by atoms with E-state index < -0.39 is 0 Å². The molecule has 6 heteroatoms. The Labute approximate surface area is 139 Å². The molecule has 1 heterocycles. The molecule has 0 fully saturated rings. The van der Waals surface area contributed by atoms with Gasteiger partial charge in [0.2, 0.25) is 5.95 Å². The maximum absolute atomic E-state index is 5.88. The molecule has 0 radical (unpaired) electrons. The van der Waals surface area contributed by atoms with Crippen molar-refractivity contribution in [2.75, 3.05) is 10.6 Å². The van der Waals surface area contributed by atoms with Gasteiger partial charge < -0.3 is 10.6 Å². The van der Waals surface area contributed by atoms with Crippen molar-refractivity contribution in [3.8, 4) is 0 Å². The second-order valence-corrected chi connectivity index (χ2v) is 5.51. The molecular formula is C17H16ClN5. The summed E-state index contributed by atoms with van der Waals surface area (Å²) in [5.74, 6) is 1.10. The lowest BCUT2D eigenvalue weighted by molar-refractivity contribution is 0.946. The highest BCUT2D eigenvalue weighted by molar-refractivity contribution is 6.30. The first-order chi connectivity index (χ1) is 11.2. The van der Waals surface area contributed by atoms with Crippen LogP contribution in [0.15, 0.2) is 54.7 Å². The van der Waals surface area contributed by atoms with Crippen LogP contribution in [0.4, 0.5) is 17.5 Å². The first-order valence-electron chi connectivity index (χ1n) is 7.21. The molecule has 2 aromatic carbocycles. The number of hydrogen-bond acceptors (Lipinski definition) is 5. The van der Waals surface area contributed by atoms with Crippen molar-refractivity contribution in [2.24, 2.45) is 0 Å². The molecule has 5 nitrogen and oxygen atoms in total. The Balaban J connectivity index is 1.67. The van der Waals surface area contributed by atoms with E-state index in [9.17, 15) is 0 Å². The van der Waals surface area contributed by atoms with Crippen molar-refractivity contribution >= 4 is 29.1 Å². The Hall–Kier alpha value is -2.66. The van der Waals surface area contributed by atoms with E-state index in [1.54, 1.807) is 6.20 Å². The largest absolute Gasteiger partial charge is 0.349 e. The molecule has 116 valence electrons. The first-order valence-corrected chi connectivity index (χ1v) is 7.59. The number of halogens is 1. The quantitative estimate of drug-likeness (QED) is 0.736. The number of rotatable bonds is 5. The van der Waals surface area contributed by atoms with Crippen LogP contribution >= 0.6 is 11.6 Å². The summed E-state index contributed by atoms with van der Waals surface area (Å²) in [4.78, 5) is 4.41. The zero-order valence-electron chi connectivity index (χ0n) is 12.6. The number of aromatic nitrogens is 3. The van der Waals surface area contributed by atoms with Gasteiger partial charge in [-0.25, -0.2) is 0 Å². The van der Waals surface area contributed by atoms with Crippen LogP contribution in [0.5, 0.6) is 0 Å². The van der Waals surface area contributed by atoms with E-state index >= 15 is 0 Å². The van der Waals surface area contributed by atoms with Gasteiger partial charge in [0.25, 0.3) is 0 Å². The molecule has 0 bridgehead atoms. The normalized spacial score (nSPS) is 10.3. The summed E-state index contributed by atoms with van der Waals surface area (Å²) in [5, 5.41) is 15.0. The fraction of sp³-hybridized carbons (Fsp3) is 0.118. The van der Waals surface area contributed by atoms with E-state index in [4.69, 9.17) is 11.6 Å². The fourth-order valence-corrected chi connectivity index (χ4v) is 2.23. The van der Waals surface area contributed by atoms with E-state index in [1.165, 1.54) is 11.1 Å². The van der Waals surface area contributed by atoms with Crippen molar-refractivity contribution in [2.45, 2.75) is 13.5 Å². The number of aryl methyl sites for hydroxylation is 1. The third-order valence-electron chi connectivity index (χ3n) is 3.37. The molecule has 3 rings (SSSR count). The molecule has 3 aromatic rings. The second-order valence-electron chi connectivity index (χ2n) is 5.08. The molecule has 0 atom stereocenters. The van der Waals surface area contributed by atoms with Gasteiger partial charge in [0, 0.05) is 17.3 Å². The number of hydrogen-bond donors (Lipinski definition) is 2. The van der Waals surface area contributed by atoms with Crippen LogP contribution in [0.25, 0.3) is 0 Å². The maximum Gasteiger partial charge on any atom is 0.244 e. The minimum absolute atomic E-state index is 0.479. The number of anilines is 3. The zero-order chi connectivity index (χ0) is 16.1. The Morgan fingerprint density at radius 3 is 2.61 bits per heavy atom. The summed E-state index contributed by atoms with van der Waals surface area (Å²) in [6.07, 6.45) is 1.58. The van der Waals surface area contributed by atoms with Crippen molar-refractivity contribution < 1.29 is 0 Å². The van der Waals surface area contributed by atoms with Crippen LogP contribution in [0.3, 0.4) is 0 Å². The fourth-order valence-electron chi connectivity index (χ4n) is 2.10. The summed E-state index contributed by atoms with van der Waals surface area (Å²) in [7, 11) is 0. The number of nitrogens with one attached hydrogen (secondary N) is 2. The van der Waals surface area contributed by atoms with Gasteiger partial charge >= 0.3 is 0 Å². The first kappa shape index (κ1) is 15.2. The van der Waals surface area contributed by atoms with Gasteiger partial charge in [-0.1, -0.05) is 35.9 Å². The lowest BCUT2D eigenvalue weighted by Crippen LogP contribution is -2.07. The van der Waals surface area contributed by atoms with Crippen LogP contribution in [0.1, 0.15) is 11.1 Å². The van der Waals surface area contributed by atoms with Crippen LogP contribution in [0, 0.1) is 6.92 Å². The monoisotopic (exact) mass is 325 g/mol. The number of benzene rings is 2. The maximum atomic E-state index is 5.88. The molecule has 0 amide bonds. The highest BCUT2D eigenvalue weighted by atomic mass is 35.5. The minimum Gasteiger partial charge on any atom is -0.349 e. The van der Waals surface area contributed by atoms with Gasteiger partial charge in [0.15, 0.2) is 5.82 Å². The summed E-state index contributed by atoms with van der Waals surface area (Å²) in [6, 6.07) is 15.6. The second kappa shape index (κ2) is 7.07. The standard InChI is InChI=1S/C17H16ClN5/c1-12-4-2-3-5-13(12)10-19-17-22-16(11-20-23-17)21-15-8-6-14(18)7-9-15/h2-9,11H,10H2,1H3,(H2,19,21,22,23). The highest BCUT2D eigenvalue weighted by Crippen LogP contribution is 2.17. The summed E-state index contributed by atoms with van der Waals surface area (Å²) in [5.41, 5.74) is 3.32. The highest BCUT2D eigenvalue weighted by Gasteiger charge is 2.03.